The molecular formula is C25H30N4O3. The van der Waals surface area contributed by atoms with E-state index in [1.807, 2.05) is 6.07 Å². The minimum atomic E-state index is -0.281. The van der Waals surface area contributed by atoms with Gasteiger partial charge in [0.25, 0.3) is 0 Å². The van der Waals surface area contributed by atoms with E-state index in [4.69, 9.17) is 16.0 Å². The van der Waals surface area contributed by atoms with Crippen LogP contribution >= 0.6 is 0 Å². The summed E-state index contributed by atoms with van der Waals surface area (Å²) in [7, 11) is 0. The van der Waals surface area contributed by atoms with Gasteiger partial charge in [0.05, 0.1) is 11.1 Å². The highest BCUT2D eigenvalue weighted by Gasteiger charge is 2.13. The fourth-order valence-electron chi connectivity index (χ4n) is 3.64. The third kappa shape index (κ3) is 6.44. The van der Waals surface area contributed by atoms with Gasteiger partial charge in [-0.2, -0.15) is 5.10 Å². The zero-order chi connectivity index (χ0) is 22.8. The number of carbonyl (C=O) groups excluding carboxylic acids is 1. The number of hydrogen-bond acceptors (Lipinski definition) is 5. The molecule has 168 valence electrons. The van der Waals surface area contributed by atoms with Crippen molar-refractivity contribution in [3.05, 3.63) is 76.1 Å². The smallest absolute Gasteiger partial charge is 0.224 e. The molecular weight excluding hydrogens is 404 g/mol. The Hall–Kier alpha value is -3.61. The molecule has 0 spiro atoms. The SMILES string of the molecule is NN=C(N)c1cc(=O)c2cccc(NC(=O)CCCCCCCCc3ccccc3)c2o1. The summed E-state index contributed by atoms with van der Waals surface area (Å²) >= 11 is 0. The number of amides is 1. The number of hydrogen-bond donors (Lipinski definition) is 3. The lowest BCUT2D eigenvalue weighted by Crippen LogP contribution is -2.18. The van der Waals surface area contributed by atoms with Crippen LogP contribution < -0.4 is 22.3 Å². The number of nitrogens with one attached hydrogen (secondary N) is 1. The van der Waals surface area contributed by atoms with E-state index in [2.05, 4.69) is 34.7 Å². The summed E-state index contributed by atoms with van der Waals surface area (Å²) in [6.45, 7) is 0. The molecule has 0 saturated carbocycles. The largest absolute Gasteiger partial charge is 0.450 e. The number of nitrogens with two attached hydrogens (primary N) is 2. The van der Waals surface area contributed by atoms with Crippen molar-refractivity contribution in [2.45, 2.75) is 51.4 Å². The maximum Gasteiger partial charge on any atom is 0.224 e. The highest BCUT2D eigenvalue weighted by Crippen LogP contribution is 2.23. The number of carbonyl (C=O) groups is 1. The summed E-state index contributed by atoms with van der Waals surface area (Å²) in [5.41, 5.74) is 7.46. The number of anilines is 1. The zero-order valence-electron chi connectivity index (χ0n) is 18.2. The molecule has 0 aliphatic heterocycles. The molecule has 1 aromatic heterocycles. The van der Waals surface area contributed by atoms with Crippen molar-refractivity contribution in [2.75, 3.05) is 5.32 Å². The first-order chi connectivity index (χ1) is 15.6. The summed E-state index contributed by atoms with van der Waals surface area (Å²) in [6.07, 6.45) is 8.05. The van der Waals surface area contributed by atoms with E-state index in [1.165, 1.54) is 30.9 Å². The van der Waals surface area contributed by atoms with Crippen LogP contribution in [0.2, 0.25) is 0 Å². The van der Waals surface area contributed by atoms with Gasteiger partial charge in [-0.3, -0.25) is 9.59 Å². The highest BCUT2D eigenvalue weighted by molar-refractivity contribution is 6.01. The second-order valence-corrected chi connectivity index (χ2v) is 7.83. The molecule has 3 aromatic rings. The number of aryl methyl sites for hydroxylation is 1. The van der Waals surface area contributed by atoms with Gasteiger partial charge in [-0.25, -0.2) is 0 Å². The number of rotatable bonds is 11. The van der Waals surface area contributed by atoms with Crippen molar-refractivity contribution < 1.29 is 9.21 Å². The van der Waals surface area contributed by atoms with Gasteiger partial charge in [-0.1, -0.05) is 62.1 Å². The number of fused-ring (bicyclic) bond motifs is 1. The van der Waals surface area contributed by atoms with Crippen LogP contribution in [0, 0.1) is 0 Å². The van der Waals surface area contributed by atoms with Gasteiger partial charge in [-0.15, -0.1) is 0 Å². The second kappa shape index (κ2) is 11.7. The zero-order valence-corrected chi connectivity index (χ0v) is 18.2. The Labute approximate surface area is 187 Å². The van der Waals surface area contributed by atoms with E-state index in [0.29, 0.717) is 17.5 Å². The maximum atomic E-state index is 12.4. The monoisotopic (exact) mass is 434 g/mol. The summed E-state index contributed by atoms with van der Waals surface area (Å²) in [6, 6.07) is 16.8. The molecule has 3 rings (SSSR count). The van der Waals surface area contributed by atoms with Crippen LogP contribution in [0.3, 0.4) is 0 Å². The van der Waals surface area contributed by atoms with Crippen molar-refractivity contribution in [1.29, 1.82) is 0 Å². The third-order valence-corrected chi connectivity index (χ3v) is 5.38. The first kappa shape index (κ1) is 23.1. The second-order valence-electron chi connectivity index (χ2n) is 7.83. The Balaban J connectivity index is 1.44. The Morgan fingerprint density at radius 2 is 1.66 bits per heavy atom. The molecule has 0 bridgehead atoms. The Bertz CT molecular complexity index is 1120. The van der Waals surface area contributed by atoms with Gasteiger partial charge < -0.3 is 21.3 Å². The van der Waals surface area contributed by atoms with Gasteiger partial charge in [0.2, 0.25) is 5.91 Å². The molecule has 0 atom stereocenters. The van der Waals surface area contributed by atoms with Crippen LogP contribution in [0.5, 0.6) is 0 Å². The van der Waals surface area contributed by atoms with E-state index < -0.39 is 0 Å². The summed E-state index contributed by atoms with van der Waals surface area (Å²) in [5, 5.41) is 6.56. The summed E-state index contributed by atoms with van der Waals surface area (Å²) in [5.74, 6) is 5.04. The molecule has 7 heteroatoms. The van der Waals surface area contributed by atoms with Crippen LogP contribution in [0.15, 0.2) is 68.9 Å². The quantitative estimate of drug-likeness (QED) is 0.137. The molecule has 0 aliphatic carbocycles. The van der Waals surface area contributed by atoms with Crippen molar-refractivity contribution in [3.8, 4) is 0 Å². The van der Waals surface area contributed by atoms with E-state index in [9.17, 15) is 9.59 Å². The topological polar surface area (TPSA) is 124 Å². The molecule has 1 heterocycles. The third-order valence-electron chi connectivity index (χ3n) is 5.38. The van der Waals surface area contributed by atoms with E-state index in [0.717, 1.165) is 25.7 Å². The van der Waals surface area contributed by atoms with Crippen molar-refractivity contribution in [3.63, 3.8) is 0 Å². The first-order valence-corrected chi connectivity index (χ1v) is 11.0. The number of para-hydroxylation sites is 1. The number of hydrazone groups is 1. The van der Waals surface area contributed by atoms with Crippen LogP contribution in [0.4, 0.5) is 5.69 Å². The van der Waals surface area contributed by atoms with Crippen LogP contribution in [-0.4, -0.2) is 11.7 Å². The summed E-state index contributed by atoms with van der Waals surface area (Å²) in [4.78, 5) is 24.7. The van der Waals surface area contributed by atoms with Gasteiger partial charge in [-0.05, 0) is 37.0 Å². The average Bonchev–Trinajstić information content (AvgIpc) is 2.81. The predicted molar refractivity (Wildman–Crippen MR) is 128 cm³/mol. The van der Waals surface area contributed by atoms with E-state index in [-0.39, 0.29) is 28.5 Å². The lowest BCUT2D eigenvalue weighted by atomic mass is 10.0. The molecule has 0 radical (unpaired) electrons. The fourth-order valence-corrected chi connectivity index (χ4v) is 3.64. The molecule has 7 nitrogen and oxygen atoms in total. The Kier molecular flexibility index (Phi) is 8.43. The van der Waals surface area contributed by atoms with Crippen molar-refractivity contribution in [1.82, 2.24) is 0 Å². The number of nitrogens with zero attached hydrogens (tertiary/aromatic N) is 1. The molecule has 32 heavy (non-hydrogen) atoms. The lowest BCUT2D eigenvalue weighted by molar-refractivity contribution is -0.116. The first-order valence-electron chi connectivity index (χ1n) is 11.0. The van der Waals surface area contributed by atoms with Gasteiger partial charge in [0, 0.05) is 12.5 Å². The molecule has 0 aliphatic rings. The van der Waals surface area contributed by atoms with Gasteiger partial charge in [0.1, 0.15) is 0 Å². The van der Waals surface area contributed by atoms with Crippen LogP contribution in [-0.2, 0) is 11.2 Å². The lowest BCUT2D eigenvalue weighted by Gasteiger charge is -2.09. The molecule has 0 fully saturated rings. The molecule has 2 aromatic carbocycles. The minimum Gasteiger partial charge on any atom is -0.450 e. The predicted octanol–water partition coefficient (Wildman–Crippen LogP) is 4.28. The molecule has 0 saturated heterocycles. The van der Waals surface area contributed by atoms with Gasteiger partial charge >= 0.3 is 0 Å². The highest BCUT2D eigenvalue weighted by atomic mass is 16.3. The maximum absolute atomic E-state index is 12.4. The van der Waals surface area contributed by atoms with Crippen molar-refractivity contribution in [2.24, 2.45) is 16.7 Å². The van der Waals surface area contributed by atoms with Crippen LogP contribution in [0.25, 0.3) is 11.0 Å². The fraction of sp³-hybridized carbons (Fsp3) is 0.320. The Morgan fingerprint density at radius 3 is 2.41 bits per heavy atom. The number of benzene rings is 2. The standard InChI is InChI=1S/C25H30N4O3/c26-25(29-27)22-17-21(30)19-14-10-15-20(24(19)32-22)28-23(31)16-9-4-2-1-3-6-11-18-12-7-5-8-13-18/h5,7-8,10,12-15,17H,1-4,6,9,11,16,27H2,(H2,26,29)(H,28,31). The number of unbranched alkanes of at least 4 members (excludes halogenated alkanes) is 5. The molecule has 5 N–H and O–H groups in total. The van der Waals surface area contributed by atoms with E-state index >= 15 is 0 Å². The minimum absolute atomic E-state index is 0.0685. The van der Waals surface area contributed by atoms with E-state index in [1.54, 1.807) is 18.2 Å². The Morgan fingerprint density at radius 1 is 0.938 bits per heavy atom. The normalized spacial score (nSPS) is 11.6. The number of amidine groups is 1. The summed E-state index contributed by atoms with van der Waals surface area (Å²) < 4.78 is 5.69. The molecule has 0 unspecified atom stereocenters. The van der Waals surface area contributed by atoms with Gasteiger partial charge in [0.15, 0.2) is 22.6 Å². The van der Waals surface area contributed by atoms with Crippen LogP contribution in [0.1, 0.15) is 56.3 Å². The molecule has 1 amide bonds. The van der Waals surface area contributed by atoms with Crippen molar-refractivity contribution >= 4 is 28.4 Å². The average molecular weight is 435 g/mol.